The first-order valence-electron chi connectivity index (χ1n) is 8.49. The lowest BCUT2D eigenvalue weighted by Crippen LogP contribution is -2.40. The number of likely N-dealkylation sites (N-methyl/N-ethyl adjacent to an activating group) is 1. The van der Waals surface area contributed by atoms with Crippen molar-refractivity contribution in [1.29, 1.82) is 0 Å². The van der Waals surface area contributed by atoms with E-state index in [2.05, 4.69) is 28.5 Å². The van der Waals surface area contributed by atoms with Gasteiger partial charge in [-0.2, -0.15) is 0 Å². The molecule has 1 fully saturated rings. The van der Waals surface area contributed by atoms with E-state index in [1.54, 1.807) is 11.3 Å². The van der Waals surface area contributed by atoms with Gasteiger partial charge in [-0.1, -0.05) is 12.1 Å². The average molecular weight is 347 g/mol. The standard InChI is InChI=1S/C18H25N3O2S/c1-19(2)9-10-21-13-15(12-17(21)22)18(23)20-7-5-14(6-8-20)16-4-3-11-24-16/h3-5,11,15H,6-10,12-13H2,1-2H3. The number of hydrogen-bond donors (Lipinski definition) is 0. The van der Waals surface area contributed by atoms with Crippen molar-refractivity contribution in [2.75, 3.05) is 46.8 Å². The predicted molar refractivity (Wildman–Crippen MR) is 96.7 cm³/mol. The number of likely N-dealkylation sites (tertiary alicyclic amines) is 1. The Balaban J connectivity index is 1.55. The van der Waals surface area contributed by atoms with Crippen molar-refractivity contribution in [1.82, 2.24) is 14.7 Å². The van der Waals surface area contributed by atoms with Gasteiger partial charge in [0.2, 0.25) is 11.8 Å². The Morgan fingerprint density at radius 3 is 2.88 bits per heavy atom. The molecule has 0 N–H and O–H groups in total. The number of nitrogens with zero attached hydrogens (tertiary/aromatic N) is 3. The molecule has 2 aliphatic rings. The Morgan fingerprint density at radius 2 is 2.25 bits per heavy atom. The lowest BCUT2D eigenvalue weighted by atomic mass is 10.0. The summed E-state index contributed by atoms with van der Waals surface area (Å²) in [5, 5.41) is 2.08. The minimum absolute atomic E-state index is 0.113. The molecule has 1 saturated heterocycles. The fourth-order valence-corrected chi connectivity index (χ4v) is 4.08. The van der Waals surface area contributed by atoms with Crippen LogP contribution in [0, 0.1) is 5.92 Å². The largest absolute Gasteiger partial charge is 0.341 e. The molecule has 0 aliphatic carbocycles. The molecule has 24 heavy (non-hydrogen) atoms. The molecule has 5 nitrogen and oxygen atoms in total. The smallest absolute Gasteiger partial charge is 0.228 e. The molecule has 0 saturated carbocycles. The van der Waals surface area contributed by atoms with Crippen molar-refractivity contribution in [2.24, 2.45) is 5.92 Å². The Hall–Kier alpha value is -1.66. The third-order valence-electron chi connectivity index (χ3n) is 4.74. The molecule has 3 rings (SSSR count). The van der Waals surface area contributed by atoms with Crippen molar-refractivity contribution >= 4 is 28.7 Å². The number of amides is 2. The number of hydrogen-bond acceptors (Lipinski definition) is 4. The molecular formula is C18H25N3O2S. The van der Waals surface area contributed by atoms with Gasteiger partial charge in [0.05, 0.1) is 5.92 Å². The molecule has 1 atom stereocenters. The fourth-order valence-electron chi connectivity index (χ4n) is 3.29. The highest BCUT2D eigenvalue weighted by Crippen LogP contribution is 2.28. The Morgan fingerprint density at radius 1 is 1.42 bits per heavy atom. The summed E-state index contributed by atoms with van der Waals surface area (Å²) in [6.07, 6.45) is 3.43. The van der Waals surface area contributed by atoms with Gasteiger partial charge >= 0.3 is 0 Å². The summed E-state index contributed by atoms with van der Waals surface area (Å²) in [7, 11) is 3.99. The number of carbonyl (C=O) groups is 2. The van der Waals surface area contributed by atoms with Gasteiger partial charge in [0.25, 0.3) is 0 Å². The quantitative estimate of drug-likeness (QED) is 0.815. The molecule has 130 valence electrons. The molecule has 0 aromatic carbocycles. The van der Waals surface area contributed by atoms with Crippen LogP contribution in [0.2, 0.25) is 0 Å². The van der Waals surface area contributed by atoms with E-state index < -0.39 is 0 Å². The van der Waals surface area contributed by atoms with Gasteiger partial charge in [-0.3, -0.25) is 9.59 Å². The van der Waals surface area contributed by atoms with Gasteiger partial charge in [0, 0.05) is 44.0 Å². The highest BCUT2D eigenvalue weighted by Gasteiger charge is 2.36. The lowest BCUT2D eigenvalue weighted by molar-refractivity contribution is -0.135. The molecule has 0 radical (unpaired) electrons. The zero-order chi connectivity index (χ0) is 17.1. The van der Waals surface area contributed by atoms with E-state index in [9.17, 15) is 9.59 Å². The molecule has 2 aliphatic heterocycles. The van der Waals surface area contributed by atoms with Crippen molar-refractivity contribution in [3.05, 3.63) is 28.5 Å². The van der Waals surface area contributed by atoms with Crippen LogP contribution >= 0.6 is 11.3 Å². The van der Waals surface area contributed by atoms with Crippen LogP contribution in [-0.2, 0) is 9.59 Å². The van der Waals surface area contributed by atoms with Crippen LogP contribution in [-0.4, -0.2) is 73.3 Å². The second kappa shape index (κ2) is 7.49. The van der Waals surface area contributed by atoms with E-state index in [0.29, 0.717) is 26.1 Å². The Labute approximate surface area is 147 Å². The van der Waals surface area contributed by atoms with Crippen molar-refractivity contribution in [3.8, 4) is 0 Å². The molecule has 0 spiro atoms. The maximum atomic E-state index is 12.7. The third kappa shape index (κ3) is 3.87. The summed E-state index contributed by atoms with van der Waals surface area (Å²) in [4.78, 5) is 31.9. The summed E-state index contributed by atoms with van der Waals surface area (Å²) in [5.74, 6) is 0.0792. The molecule has 1 aromatic heterocycles. The van der Waals surface area contributed by atoms with Crippen molar-refractivity contribution < 1.29 is 9.59 Å². The van der Waals surface area contributed by atoms with Crippen molar-refractivity contribution in [2.45, 2.75) is 12.8 Å². The minimum atomic E-state index is -0.170. The molecule has 3 heterocycles. The van der Waals surface area contributed by atoms with Crippen LogP contribution in [0.15, 0.2) is 23.6 Å². The third-order valence-corrected chi connectivity index (χ3v) is 5.68. The lowest BCUT2D eigenvalue weighted by Gasteiger charge is -2.28. The van der Waals surface area contributed by atoms with Gasteiger partial charge in [-0.15, -0.1) is 11.3 Å². The first-order chi connectivity index (χ1) is 11.5. The van der Waals surface area contributed by atoms with E-state index >= 15 is 0 Å². The van der Waals surface area contributed by atoms with Crippen LogP contribution in [0.5, 0.6) is 0 Å². The van der Waals surface area contributed by atoms with Crippen molar-refractivity contribution in [3.63, 3.8) is 0 Å². The Bertz CT molecular complexity index is 624. The van der Waals surface area contributed by atoms with Crippen LogP contribution in [0.1, 0.15) is 17.7 Å². The number of carbonyl (C=O) groups excluding carboxylic acids is 2. The molecule has 6 heteroatoms. The summed E-state index contributed by atoms with van der Waals surface area (Å²) >= 11 is 1.75. The summed E-state index contributed by atoms with van der Waals surface area (Å²) in [5.41, 5.74) is 1.34. The second-order valence-electron chi connectivity index (χ2n) is 6.78. The highest BCUT2D eigenvalue weighted by molar-refractivity contribution is 7.11. The van der Waals surface area contributed by atoms with Gasteiger partial charge in [-0.05, 0) is 37.5 Å². The molecular weight excluding hydrogens is 322 g/mol. The number of thiophene rings is 1. The van der Waals surface area contributed by atoms with E-state index in [1.807, 2.05) is 23.9 Å². The normalized spacial score (nSPS) is 21.5. The SMILES string of the molecule is CN(C)CCN1CC(C(=O)N2CC=C(c3cccs3)CC2)CC1=O. The van der Waals surface area contributed by atoms with Gasteiger partial charge in [-0.25, -0.2) is 0 Å². The van der Waals surface area contributed by atoms with Crippen LogP contribution in [0.25, 0.3) is 5.57 Å². The Kier molecular flexibility index (Phi) is 5.36. The zero-order valence-corrected chi connectivity index (χ0v) is 15.2. The average Bonchev–Trinajstić information content (AvgIpc) is 3.22. The van der Waals surface area contributed by atoms with E-state index in [-0.39, 0.29) is 17.7 Å². The van der Waals surface area contributed by atoms with E-state index in [4.69, 9.17) is 0 Å². The topological polar surface area (TPSA) is 43.9 Å². The molecule has 2 amide bonds. The van der Waals surface area contributed by atoms with Gasteiger partial charge in [0.15, 0.2) is 0 Å². The monoisotopic (exact) mass is 347 g/mol. The molecule has 0 bridgehead atoms. The van der Waals surface area contributed by atoms with Crippen LogP contribution < -0.4 is 0 Å². The molecule has 1 unspecified atom stereocenters. The second-order valence-corrected chi connectivity index (χ2v) is 7.73. The predicted octanol–water partition coefficient (Wildman–Crippen LogP) is 1.77. The minimum Gasteiger partial charge on any atom is -0.341 e. The van der Waals surface area contributed by atoms with Crippen LogP contribution in [0.4, 0.5) is 0 Å². The van der Waals surface area contributed by atoms with Crippen LogP contribution in [0.3, 0.4) is 0 Å². The molecule has 1 aromatic rings. The van der Waals surface area contributed by atoms with E-state index in [0.717, 1.165) is 19.5 Å². The first kappa shape index (κ1) is 17.2. The maximum Gasteiger partial charge on any atom is 0.228 e. The summed E-state index contributed by atoms with van der Waals surface area (Å²) in [6.45, 7) is 3.53. The fraction of sp³-hybridized carbons (Fsp3) is 0.556. The first-order valence-corrected chi connectivity index (χ1v) is 9.37. The summed E-state index contributed by atoms with van der Waals surface area (Å²) in [6, 6.07) is 4.19. The van der Waals surface area contributed by atoms with Gasteiger partial charge in [0.1, 0.15) is 0 Å². The zero-order valence-electron chi connectivity index (χ0n) is 14.4. The summed E-state index contributed by atoms with van der Waals surface area (Å²) < 4.78 is 0. The van der Waals surface area contributed by atoms with E-state index in [1.165, 1.54) is 10.5 Å². The number of rotatable bonds is 5. The van der Waals surface area contributed by atoms with Gasteiger partial charge < -0.3 is 14.7 Å². The maximum absolute atomic E-state index is 12.7. The highest BCUT2D eigenvalue weighted by atomic mass is 32.1.